The third-order valence-electron chi connectivity index (χ3n) is 1.89. The Morgan fingerprint density at radius 2 is 2.38 bits per heavy atom. The molecule has 0 bridgehead atoms. The van der Waals surface area contributed by atoms with Gasteiger partial charge in [-0.25, -0.2) is 4.79 Å². The fourth-order valence-electron chi connectivity index (χ4n) is 1.09. The molecule has 0 aliphatic rings. The van der Waals surface area contributed by atoms with Crippen molar-refractivity contribution in [2.45, 2.75) is 19.0 Å². The monoisotopic (exact) mass is 231 g/mol. The predicted octanol–water partition coefficient (Wildman–Crippen LogP) is 1.31. The van der Waals surface area contributed by atoms with Crippen LogP contribution in [-0.2, 0) is 9.53 Å². The number of pyridine rings is 1. The van der Waals surface area contributed by atoms with E-state index in [9.17, 15) is 18.7 Å². The summed E-state index contributed by atoms with van der Waals surface area (Å²) in [6.45, 7) is 1.23. The second-order valence-electron chi connectivity index (χ2n) is 3.03. The highest BCUT2D eigenvalue weighted by Gasteiger charge is 2.49. The minimum atomic E-state index is -3.97. The van der Waals surface area contributed by atoms with Gasteiger partial charge in [0.05, 0.1) is 6.61 Å². The molecule has 1 heterocycles. The fourth-order valence-corrected chi connectivity index (χ4v) is 1.09. The summed E-state index contributed by atoms with van der Waals surface area (Å²) in [5.74, 6) is -5.72. The highest BCUT2D eigenvalue weighted by molar-refractivity contribution is 5.78. The van der Waals surface area contributed by atoms with E-state index in [1.165, 1.54) is 25.3 Å². The quantitative estimate of drug-likeness (QED) is 0.794. The van der Waals surface area contributed by atoms with Gasteiger partial charge in [-0.3, -0.25) is 4.98 Å². The first-order valence-electron chi connectivity index (χ1n) is 4.63. The molecular weight excluding hydrogens is 220 g/mol. The van der Waals surface area contributed by atoms with E-state index in [1.54, 1.807) is 0 Å². The zero-order valence-electron chi connectivity index (χ0n) is 8.56. The summed E-state index contributed by atoms with van der Waals surface area (Å²) in [4.78, 5) is 14.5. The number of halogens is 2. The van der Waals surface area contributed by atoms with Crippen molar-refractivity contribution in [2.24, 2.45) is 0 Å². The van der Waals surface area contributed by atoms with Crippen molar-refractivity contribution in [2.75, 3.05) is 6.61 Å². The second kappa shape index (κ2) is 4.98. The van der Waals surface area contributed by atoms with Crippen LogP contribution < -0.4 is 0 Å². The number of aliphatic hydroxyl groups excluding tert-OH is 1. The molecule has 0 fully saturated rings. The molecule has 4 nitrogen and oxygen atoms in total. The number of hydrogen-bond acceptors (Lipinski definition) is 4. The first-order chi connectivity index (χ1) is 7.50. The number of aromatic nitrogens is 1. The molecule has 1 rings (SSSR count). The lowest BCUT2D eigenvalue weighted by molar-refractivity contribution is -0.189. The van der Waals surface area contributed by atoms with E-state index in [0.29, 0.717) is 0 Å². The summed E-state index contributed by atoms with van der Waals surface area (Å²) in [5.41, 5.74) is -0.138. The lowest BCUT2D eigenvalue weighted by Crippen LogP contribution is -2.37. The number of aliphatic hydroxyl groups is 1. The van der Waals surface area contributed by atoms with E-state index < -0.39 is 18.0 Å². The molecule has 1 atom stereocenters. The molecule has 0 spiro atoms. The third-order valence-corrected chi connectivity index (χ3v) is 1.89. The van der Waals surface area contributed by atoms with Gasteiger partial charge in [0.25, 0.3) is 0 Å². The molecule has 1 aromatic heterocycles. The maximum absolute atomic E-state index is 13.3. The minimum Gasteiger partial charge on any atom is -0.461 e. The normalized spacial score (nSPS) is 13.2. The van der Waals surface area contributed by atoms with Crippen molar-refractivity contribution in [3.63, 3.8) is 0 Å². The lowest BCUT2D eigenvalue weighted by atomic mass is 10.1. The average Bonchev–Trinajstić information content (AvgIpc) is 2.29. The molecule has 6 heteroatoms. The number of esters is 1. The largest absolute Gasteiger partial charge is 0.461 e. The first kappa shape index (κ1) is 12.5. The Bertz CT molecular complexity index is 356. The topological polar surface area (TPSA) is 59.4 Å². The molecule has 0 aliphatic heterocycles. The maximum atomic E-state index is 13.3. The number of nitrogens with zero attached hydrogens (tertiary/aromatic N) is 1. The van der Waals surface area contributed by atoms with Crippen LogP contribution in [-0.4, -0.2) is 28.6 Å². The van der Waals surface area contributed by atoms with Crippen LogP contribution in [0.25, 0.3) is 0 Å². The predicted molar refractivity (Wildman–Crippen MR) is 50.8 cm³/mol. The molecule has 0 saturated heterocycles. The van der Waals surface area contributed by atoms with E-state index in [0.717, 1.165) is 6.20 Å². The van der Waals surface area contributed by atoms with Gasteiger partial charge >= 0.3 is 11.9 Å². The molecule has 0 aromatic carbocycles. The number of carbonyl (C=O) groups excluding carboxylic acids is 1. The van der Waals surface area contributed by atoms with E-state index in [2.05, 4.69) is 9.72 Å². The molecule has 0 saturated carbocycles. The summed E-state index contributed by atoms with van der Waals surface area (Å²) >= 11 is 0. The van der Waals surface area contributed by atoms with Gasteiger partial charge in [-0.2, -0.15) is 8.78 Å². The fraction of sp³-hybridized carbons (Fsp3) is 0.400. The van der Waals surface area contributed by atoms with Crippen molar-refractivity contribution in [3.05, 3.63) is 30.1 Å². The number of carbonyl (C=O) groups is 1. The lowest BCUT2D eigenvalue weighted by Gasteiger charge is -2.20. The Hall–Kier alpha value is -1.56. The van der Waals surface area contributed by atoms with Gasteiger partial charge in [-0.1, -0.05) is 6.07 Å². The van der Waals surface area contributed by atoms with Crippen LogP contribution in [0.5, 0.6) is 0 Å². The molecule has 1 unspecified atom stereocenters. The first-order valence-corrected chi connectivity index (χ1v) is 4.63. The molecule has 0 radical (unpaired) electrons. The van der Waals surface area contributed by atoms with E-state index in [4.69, 9.17) is 0 Å². The maximum Gasteiger partial charge on any atom is 0.380 e. The standard InChI is InChI=1S/C10H11F2NO3/c1-2-16-9(15)10(11,12)8(14)7-4-3-5-13-6-7/h3-6,8,14H,2H2,1H3. The van der Waals surface area contributed by atoms with Gasteiger partial charge < -0.3 is 9.84 Å². The average molecular weight is 231 g/mol. The van der Waals surface area contributed by atoms with Gasteiger partial charge in [-0.05, 0) is 13.0 Å². The van der Waals surface area contributed by atoms with Crippen molar-refractivity contribution >= 4 is 5.97 Å². The van der Waals surface area contributed by atoms with Crippen LogP contribution in [0.3, 0.4) is 0 Å². The number of alkyl halides is 2. The summed E-state index contributed by atoms with van der Waals surface area (Å²) in [6.07, 6.45) is 0.191. The van der Waals surface area contributed by atoms with E-state index in [-0.39, 0.29) is 12.2 Å². The molecule has 16 heavy (non-hydrogen) atoms. The van der Waals surface area contributed by atoms with Gasteiger partial charge in [-0.15, -0.1) is 0 Å². The molecule has 1 N–H and O–H groups in total. The highest BCUT2D eigenvalue weighted by Crippen LogP contribution is 2.31. The zero-order chi connectivity index (χ0) is 12.2. The van der Waals surface area contributed by atoms with Crippen LogP contribution in [0.2, 0.25) is 0 Å². The Balaban J connectivity index is 2.87. The van der Waals surface area contributed by atoms with Crippen LogP contribution in [0.1, 0.15) is 18.6 Å². The Morgan fingerprint density at radius 1 is 1.69 bits per heavy atom. The smallest absolute Gasteiger partial charge is 0.380 e. The molecule has 0 aliphatic carbocycles. The van der Waals surface area contributed by atoms with Crippen molar-refractivity contribution in [1.29, 1.82) is 0 Å². The Kier molecular flexibility index (Phi) is 3.89. The van der Waals surface area contributed by atoms with Crippen LogP contribution >= 0.6 is 0 Å². The molecule has 0 amide bonds. The van der Waals surface area contributed by atoms with Crippen molar-refractivity contribution in [1.82, 2.24) is 4.98 Å². The number of rotatable bonds is 4. The number of ether oxygens (including phenoxy) is 1. The van der Waals surface area contributed by atoms with Gasteiger partial charge in [0.15, 0.2) is 6.10 Å². The van der Waals surface area contributed by atoms with Crippen molar-refractivity contribution < 1.29 is 23.4 Å². The SMILES string of the molecule is CCOC(=O)C(F)(F)C(O)c1cccnc1. The highest BCUT2D eigenvalue weighted by atomic mass is 19.3. The molecule has 1 aromatic rings. The van der Waals surface area contributed by atoms with Gasteiger partial charge in [0.1, 0.15) is 0 Å². The van der Waals surface area contributed by atoms with Crippen LogP contribution in [0.15, 0.2) is 24.5 Å². The Labute approximate surface area is 90.9 Å². The molecular formula is C10H11F2NO3. The Morgan fingerprint density at radius 3 is 2.88 bits per heavy atom. The minimum absolute atomic E-state index is 0.138. The van der Waals surface area contributed by atoms with Gasteiger partial charge in [0, 0.05) is 18.0 Å². The zero-order valence-corrected chi connectivity index (χ0v) is 8.56. The van der Waals surface area contributed by atoms with Crippen LogP contribution in [0, 0.1) is 0 Å². The summed E-state index contributed by atoms with van der Waals surface area (Å²) in [5, 5.41) is 9.35. The third kappa shape index (κ3) is 2.52. The summed E-state index contributed by atoms with van der Waals surface area (Å²) < 4.78 is 30.8. The summed E-state index contributed by atoms with van der Waals surface area (Å²) in [7, 11) is 0. The van der Waals surface area contributed by atoms with E-state index in [1.807, 2.05) is 0 Å². The van der Waals surface area contributed by atoms with E-state index >= 15 is 0 Å². The second-order valence-corrected chi connectivity index (χ2v) is 3.03. The summed E-state index contributed by atoms with van der Waals surface area (Å²) in [6, 6.07) is 2.64. The van der Waals surface area contributed by atoms with Gasteiger partial charge in [0.2, 0.25) is 0 Å². The number of hydrogen-bond donors (Lipinski definition) is 1. The van der Waals surface area contributed by atoms with Crippen LogP contribution in [0.4, 0.5) is 8.78 Å². The molecule has 88 valence electrons. The van der Waals surface area contributed by atoms with Crippen molar-refractivity contribution in [3.8, 4) is 0 Å².